The fraction of sp³-hybridized carbons (Fsp3) is 0.0455. The van der Waals surface area contributed by atoms with Crippen LogP contribution in [0.2, 0.25) is 0 Å². The standard InChI is InChI=1S/C44H32N2/c1-29-16-20-32(21-17-29)42-28-43(46-44(45-42)33-22-18-30(2)19-23-33)37-25-35(31-10-4-3-5-11-31)24-36(26-37)41-27-34-12-6-7-13-38(34)39-14-8-9-15-40(39)41/h3-28H,1-2H3. The molecule has 7 aromatic carbocycles. The van der Waals surface area contributed by atoms with Gasteiger partial charge < -0.3 is 0 Å². The number of benzene rings is 7. The fourth-order valence-electron chi connectivity index (χ4n) is 6.32. The quantitative estimate of drug-likeness (QED) is 0.187. The molecule has 0 saturated carbocycles. The van der Waals surface area contributed by atoms with Crippen molar-refractivity contribution in [2.24, 2.45) is 0 Å². The minimum absolute atomic E-state index is 0.718. The predicted molar refractivity (Wildman–Crippen MR) is 194 cm³/mol. The molecule has 218 valence electrons. The lowest BCUT2D eigenvalue weighted by atomic mass is 9.90. The minimum atomic E-state index is 0.718. The van der Waals surface area contributed by atoms with Crippen LogP contribution in [0.4, 0.5) is 0 Å². The molecule has 0 fully saturated rings. The van der Waals surface area contributed by atoms with Crippen molar-refractivity contribution in [3.05, 3.63) is 169 Å². The number of rotatable bonds is 5. The monoisotopic (exact) mass is 588 g/mol. The summed E-state index contributed by atoms with van der Waals surface area (Å²) in [4.78, 5) is 10.3. The normalized spacial score (nSPS) is 11.3. The van der Waals surface area contributed by atoms with E-state index in [4.69, 9.17) is 9.97 Å². The fourth-order valence-corrected chi connectivity index (χ4v) is 6.32. The Kier molecular flexibility index (Phi) is 6.96. The summed E-state index contributed by atoms with van der Waals surface area (Å²) in [6, 6.07) is 56.4. The minimum Gasteiger partial charge on any atom is -0.228 e. The van der Waals surface area contributed by atoms with E-state index in [9.17, 15) is 0 Å². The Morgan fingerprint density at radius 1 is 0.348 bits per heavy atom. The van der Waals surface area contributed by atoms with E-state index in [1.165, 1.54) is 43.8 Å². The van der Waals surface area contributed by atoms with Gasteiger partial charge in [0.2, 0.25) is 0 Å². The predicted octanol–water partition coefficient (Wildman–Crippen LogP) is 11.7. The number of fused-ring (bicyclic) bond motifs is 3. The topological polar surface area (TPSA) is 25.8 Å². The van der Waals surface area contributed by atoms with Crippen LogP contribution in [0, 0.1) is 13.8 Å². The van der Waals surface area contributed by atoms with Crippen LogP contribution in [0.1, 0.15) is 11.1 Å². The first-order chi connectivity index (χ1) is 22.6. The molecule has 2 heteroatoms. The van der Waals surface area contributed by atoms with E-state index in [0.717, 1.165) is 45.0 Å². The van der Waals surface area contributed by atoms with Crippen LogP contribution in [-0.4, -0.2) is 9.97 Å². The lowest BCUT2D eigenvalue weighted by Gasteiger charge is -2.15. The summed E-state index contributed by atoms with van der Waals surface area (Å²) in [5, 5.41) is 4.99. The van der Waals surface area contributed by atoms with Gasteiger partial charge in [-0.15, -0.1) is 0 Å². The molecular formula is C44H32N2. The van der Waals surface area contributed by atoms with Gasteiger partial charge in [-0.05, 0) is 88.0 Å². The van der Waals surface area contributed by atoms with Gasteiger partial charge >= 0.3 is 0 Å². The van der Waals surface area contributed by atoms with Gasteiger partial charge in [0, 0.05) is 16.7 Å². The number of hydrogen-bond acceptors (Lipinski definition) is 2. The average molecular weight is 589 g/mol. The summed E-state index contributed by atoms with van der Waals surface area (Å²) in [5.41, 5.74) is 12.0. The first-order valence-electron chi connectivity index (χ1n) is 15.7. The zero-order chi connectivity index (χ0) is 31.0. The third-order valence-electron chi connectivity index (χ3n) is 8.80. The highest BCUT2D eigenvalue weighted by Crippen LogP contribution is 2.39. The number of aromatic nitrogens is 2. The molecule has 0 aliphatic rings. The Morgan fingerprint density at radius 2 is 0.891 bits per heavy atom. The molecule has 0 bridgehead atoms. The maximum Gasteiger partial charge on any atom is 0.160 e. The lowest BCUT2D eigenvalue weighted by Crippen LogP contribution is -1.97. The molecule has 46 heavy (non-hydrogen) atoms. The van der Waals surface area contributed by atoms with E-state index in [-0.39, 0.29) is 0 Å². The second kappa shape index (κ2) is 11.6. The van der Waals surface area contributed by atoms with E-state index in [2.05, 4.69) is 172 Å². The van der Waals surface area contributed by atoms with Crippen molar-refractivity contribution in [1.82, 2.24) is 9.97 Å². The van der Waals surface area contributed by atoms with Crippen molar-refractivity contribution in [1.29, 1.82) is 0 Å². The summed E-state index contributed by atoms with van der Waals surface area (Å²) >= 11 is 0. The molecule has 0 atom stereocenters. The van der Waals surface area contributed by atoms with Gasteiger partial charge in [-0.25, -0.2) is 9.97 Å². The first-order valence-corrected chi connectivity index (χ1v) is 15.7. The third-order valence-corrected chi connectivity index (χ3v) is 8.80. The SMILES string of the molecule is Cc1ccc(-c2cc(-c3cc(-c4ccccc4)cc(-c4cc5ccccc5c5ccccc45)c3)nc(-c3ccc(C)cc3)n2)cc1. The average Bonchev–Trinajstić information content (AvgIpc) is 3.12. The maximum atomic E-state index is 5.22. The van der Waals surface area contributed by atoms with Crippen LogP contribution in [0.15, 0.2) is 158 Å². The Labute approximate surface area is 269 Å². The van der Waals surface area contributed by atoms with Crippen LogP contribution in [0.25, 0.3) is 77.7 Å². The number of aryl methyl sites for hydroxylation is 2. The van der Waals surface area contributed by atoms with Crippen molar-refractivity contribution in [3.8, 4) is 56.2 Å². The highest BCUT2D eigenvalue weighted by atomic mass is 14.9. The van der Waals surface area contributed by atoms with Crippen LogP contribution in [0.3, 0.4) is 0 Å². The largest absolute Gasteiger partial charge is 0.228 e. The van der Waals surface area contributed by atoms with E-state index in [1.54, 1.807) is 0 Å². The Bertz CT molecular complexity index is 2290. The second-order valence-corrected chi connectivity index (χ2v) is 12.0. The summed E-state index contributed by atoms with van der Waals surface area (Å²) in [6.07, 6.45) is 0. The Hall–Kier alpha value is -5.86. The molecule has 0 saturated heterocycles. The van der Waals surface area contributed by atoms with Crippen molar-refractivity contribution >= 4 is 21.5 Å². The van der Waals surface area contributed by atoms with Crippen LogP contribution >= 0.6 is 0 Å². The van der Waals surface area contributed by atoms with E-state index in [1.807, 2.05) is 0 Å². The van der Waals surface area contributed by atoms with Gasteiger partial charge in [0.05, 0.1) is 11.4 Å². The molecule has 8 rings (SSSR count). The first kappa shape index (κ1) is 27.7. The molecule has 0 aliphatic carbocycles. The summed E-state index contributed by atoms with van der Waals surface area (Å²) < 4.78 is 0. The van der Waals surface area contributed by atoms with Crippen LogP contribution in [0.5, 0.6) is 0 Å². The van der Waals surface area contributed by atoms with Crippen molar-refractivity contribution in [2.75, 3.05) is 0 Å². The molecular weight excluding hydrogens is 556 g/mol. The van der Waals surface area contributed by atoms with E-state index < -0.39 is 0 Å². The van der Waals surface area contributed by atoms with Crippen molar-refractivity contribution in [3.63, 3.8) is 0 Å². The van der Waals surface area contributed by atoms with Crippen LogP contribution < -0.4 is 0 Å². The summed E-state index contributed by atoms with van der Waals surface area (Å²) in [5.74, 6) is 0.718. The van der Waals surface area contributed by atoms with Gasteiger partial charge in [-0.1, -0.05) is 139 Å². The maximum absolute atomic E-state index is 5.22. The van der Waals surface area contributed by atoms with Gasteiger partial charge in [0.1, 0.15) is 0 Å². The van der Waals surface area contributed by atoms with E-state index in [0.29, 0.717) is 0 Å². The Morgan fingerprint density at radius 3 is 1.61 bits per heavy atom. The zero-order valence-corrected chi connectivity index (χ0v) is 25.9. The molecule has 2 nitrogen and oxygen atoms in total. The van der Waals surface area contributed by atoms with Gasteiger partial charge in [-0.3, -0.25) is 0 Å². The lowest BCUT2D eigenvalue weighted by molar-refractivity contribution is 1.18. The van der Waals surface area contributed by atoms with Crippen molar-refractivity contribution in [2.45, 2.75) is 13.8 Å². The highest BCUT2D eigenvalue weighted by molar-refractivity contribution is 6.14. The molecule has 1 heterocycles. The number of nitrogens with zero attached hydrogens (tertiary/aromatic N) is 2. The van der Waals surface area contributed by atoms with Gasteiger partial charge in [0.25, 0.3) is 0 Å². The number of hydrogen-bond donors (Lipinski definition) is 0. The molecule has 0 radical (unpaired) electrons. The molecule has 0 N–H and O–H groups in total. The van der Waals surface area contributed by atoms with Crippen LogP contribution in [-0.2, 0) is 0 Å². The molecule has 8 aromatic rings. The summed E-state index contributed by atoms with van der Waals surface area (Å²) in [6.45, 7) is 4.21. The van der Waals surface area contributed by atoms with Gasteiger partial charge in [-0.2, -0.15) is 0 Å². The molecule has 0 spiro atoms. The molecule has 0 unspecified atom stereocenters. The summed E-state index contributed by atoms with van der Waals surface area (Å²) in [7, 11) is 0. The second-order valence-electron chi connectivity index (χ2n) is 12.0. The van der Waals surface area contributed by atoms with E-state index >= 15 is 0 Å². The smallest absolute Gasteiger partial charge is 0.160 e. The van der Waals surface area contributed by atoms with Crippen molar-refractivity contribution < 1.29 is 0 Å². The van der Waals surface area contributed by atoms with Gasteiger partial charge in [0.15, 0.2) is 5.82 Å². The molecule has 0 amide bonds. The third kappa shape index (κ3) is 5.25. The Balaban J connectivity index is 1.40. The zero-order valence-electron chi connectivity index (χ0n) is 25.9. The molecule has 0 aliphatic heterocycles. The molecule has 1 aromatic heterocycles. The highest BCUT2D eigenvalue weighted by Gasteiger charge is 2.15.